The first-order chi connectivity index (χ1) is 9.22. The van der Waals surface area contributed by atoms with Gasteiger partial charge >= 0.3 is 0 Å². The summed E-state index contributed by atoms with van der Waals surface area (Å²) in [4.78, 5) is 14.7. The minimum absolute atomic E-state index is 0.310. The highest BCUT2D eigenvalue weighted by Crippen LogP contribution is 2.34. The molecule has 0 aromatic rings. The number of hydrogen-bond acceptors (Lipinski definition) is 2. The van der Waals surface area contributed by atoms with Crippen molar-refractivity contribution in [3.63, 3.8) is 0 Å². The van der Waals surface area contributed by atoms with E-state index in [0.717, 1.165) is 19.0 Å². The third kappa shape index (κ3) is 3.95. The molecule has 110 valence electrons. The minimum atomic E-state index is 0.310. The Labute approximate surface area is 118 Å². The highest BCUT2D eigenvalue weighted by molar-refractivity contribution is 5.77. The van der Waals surface area contributed by atoms with Gasteiger partial charge in [-0.05, 0) is 45.1 Å². The zero-order valence-electron chi connectivity index (χ0n) is 12.7. The first kappa shape index (κ1) is 14.8. The number of likely N-dealkylation sites (tertiary alicyclic amines) is 1. The molecule has 0 bridgehead atoms. The largest absolute Gasteiger partial charge is 0.339 e. The molecule has 1 saturated heterocycles. The number of nitrogens with zero attached hydrogens (tertiary/aromatic N) is 1. The molecule has 0 radical (unpaired) electrons. The van der Waals surface area contributed by atoms with Gasteiger partial charge in [-0.1, -0.05) is 26.2 Å². The van der Waals surface area contributed by atoms with Crippen molar-refractivity contribution in [1.82, 2.24) is 10.2 Å². The van der Waals surface area contributed by atoms with Gasteiger partial charge in [-0.15, -0.1) is 0 Å². The highest BCUT2D eigenvalue weighted by Gasteiger charge is 2.35. The molecule has 0 spiro atoms. The summed E-state index contributed by atoms with van der Waals surface area (Å²) in [7, 11) is 0. The molecule has 1 saturated carbocycles. The van der Waals surface area contributed by atoms with Crippen molar-refractivity contribution in [1.29, 1.82) is 0 Å². The van der Waals surface area contributed by atoms with Crippen molar-refractivity contribution < 1.29 is 4.79 Å². The van der Waals surface area contributed by atoms with E-state index < -0.39 is 0 Å². The fourth-order valence-electron chi connectivity index (χ4n) is 3.91. The van der Waals surface area contributed by atoms with Crippen LogP contribution in [0.4, 0.5) is 0 Å². The van der Waals surface area contributed by atoms with Crippen LogP contribution in [0.1, 0.15) is 65.2 Å². The molecule has 0 aromatic carbocycles. The maximum Gasteiger partial charge on any atom is 0.224 e. The molecule has 2 unspecified atom stereocenters. The lowest BCUT2D eigenvalue weighted by Crippen LogP contribution is -2.43. The van der Waals surface area contributed by atoms with Gasteiger partial charge < -0.3 is 10.2 Å². The predicted octanol–water partition coefficient (Wildman–Crippen LogP) is 2.95. The first-order valence-electron chi connectivity index (χ1n) is 8.25. The van der Waals surface area contributed by atoms with Crippen molar-refractivity contribution in [2.45, 2.75) is 77.3 Å². The number of rotatable bonds is 5. The summed E-state index contributed by atoms with van der Waals surface area (Å²) in [5.41, 5.74) is 0. The molecule has 1 amide bonds. The standard InChI is InChI=1S/C16H30N2O/c1-3-17-13(2)12-16(19)18-11-7-10-15(18)14-8-5-4-6-9-14/h13-15,17H,3-12H2,1-2H3. The molecular formula is C16H30N2O. The van der Waals surface area contributed by atoms with Crippen LogP contribution < -0.4 is 5.32 Å². The van der Waals surface area contributed by atoms with E-state index in [1.807, 2.05) is 0 Å². The third-order valence-corrected chi connectivity index (χ3v) is 4.85. The summed E-state index contributed by atoms with van der Waals surface area (Å²) in [6.07, 6.45) is 9.95. The molecule has 1 aliphatic carbocycles. The van der Waals surface area contributed by atoms with Gasteiger partial charge in [0.05, 0.1) is 0 Å². The van der Waals surface area contributed by atoms with Gasteiger partial charge in [-0.25, -0.2) is 0 Å². The molecule has 1 heterocycles. The van der Waals surface area contributed by atoms with Crippen LogP contribution in [0.5, 0.6) is 0 Å². The summed E-state index contributed by atoms with van der Waals surface area (Å²) in [6.45, 7) is 6.16. The molecular weight excluding hydrogens is 236 g/mol. The third-order valence-electron chi connectivity index (χ3n) is 4.85. The van der Waals surface area contributed by atoms with Gasteiger partial charge in [0.1, 0.15) is 0 Å². The second-order valence-electron chi connectivity index (χ2n) is 6.36. The average molecular weight is 266 g/mol. The zero-order valence-corrected chi connectivity index (χ0v) is 12.7. The monoisotopic (exact) mass is 266 g/mol. The molecule has 3 heteroatoms. The maximum absolute atomic E-state index is 12.5. The molecule has 2 rings (SSSR count). The Morgan fingerprint density at radius 3 is 2.63 bits per heavy atom. The van der Waals surface area contributed by atoms with Crippen molar-refractivity contribution in [3.05, 3.63) is 0 Å². The molecule has 0 aromatic heterocycles. The summed E-state index contributed by atoms with van der Waals surface area (Å²) >= 11 is 0. The summed E-state index contributed by atoms with van der Waals surface area (Å²) in [5, 5.41) is 3.35. The molecule has 2 aliphatic rings. The minimum Gasteiger partial charge on any atom is -0.339 e. The highest BCUT2D eigenvalue weighted by atomic mass is 16.2. The molecule has 3 nitrogen and oxygen atoms in total. The number of carbonyl (C=O) groups excluding carboxylic acids is 1. The summed E-state index contributed by atoms with van der Waals surface area (Å²) in [6, 6.07) is 0.867. The second kappa shape index (κ2) is 7.28. The number of hydrogen-bond donors (Lipinski definition) is 1. The molecule has 19 heavy (non-hydrogen) atoms. The van der Waals surface area contributed by atoms with Crippen molar-refractivity contribution in [3.8, 4) is 0 Å². The maximum atomic E-state index is 12.5. The SMILES string of the molecule is CCNC(C)CC(=O)N1CCCC1C1CCCCC1. The predicted molar refractivity (Wildman–Crippen MR) is 79.1 cm³/mol. The lowest BCUT2D eigenvalue weighted by Gasteiger charge is -2.34. The molecule has 1 N–H and O–H groups in total. The van der Waals surface area contributed by atoms with Gasteiger partial charge in [0, 0.05) is 25.0 Å². The van der Waals surface area contributed by atoms with Crippen LogP contribution in [0.2, 0.25) is 0 Å². The topological polar surface area (TPSA) is 32.3 Å². The van der Waals surface area contributed by atoms with E-state index >= 15 is 0 Å². The Kier molecular flexibility index (Phi) is 5.68. The zero-order chi connectivity index (χ0) is 13.7. The van der Waals surface area contributed by atoms with Gasteiger partial charge in [0.2, 0.25) is 5.91 Å². The van der Waals surface area contributed by atoms with Crippen LogP contribution in [0.15, 0.2) is 0 Å². The second-order valence-corrected chi connectivity index (χ2v) is 6.36. The van der Waals surface area contributed by atoms with Gasteiger partial charge in [0.25, 0.3) is 0 Å². The first-order valence-corrected chi connectivity index (χ1v) is 8.25. The van der Waals surface area contributed by atoms with Crippen molar-refractivity contribution >= 4 is 5.91 Å². The van der Waals surface area contributed by atoms with Gasteiger partial charge in [-0.2, -0.15) is 0 Å². The number of carbonyl (C=O) groups is 1. The van der Waals surface area contributed by atoms with Crippen LogP contribution in [0.25, 0.3) is 0 Å². The van der Waals surface area contributed by atoms with Crippen LogP contribution in [-0.4, -0.2) is 36.0 Å². The molecule has 2 fully saturated rings. The lowest BCUT2D eigenvalue weighted by atomic mass is 9.83. The fraction of sp³-hybridized carbons (Fsp3) is 0.938. The summed E-state index contributed by atoms with van der Waals surface area (Å²) < 4.78 is 0. The summed E-state index contributed by atoms with van der Waals surface area (Å²) in [5.74, 6) is 1.16. The lowest BCUT2D eigenvalue weighted by molar-refractivity contribution is -0.133. The van der Waals surface area contributed by atoms with Crippen LogP contribution in [0, 0.1) is 5.92 Å². The van der Waals surface area contributed by atoms with Crippen LogP contribution in [-0.2, 0) is 4.79 Å². The van der Waals surface area contributed by atoms with Crippen LogP contribution in [0.3, 0.4) is 0 Å². The van der Waals surface area contributed by atoms with E-state index in [9.17, 15) is 4.79 Å². The van der Waals surface area contributed by atoms with E-state index in [-0.39, 0.29) is 0 Å². The molecule has 1 aliphatic heterocycles. The van der Waals surface area contributed by atoms with E-state index in [1.165, 1.54) is 44.9 Å². The Hall–Kier alpha value is -0.570. The number of nitrogens with one attached hydrogen (secondary N) is 1. The Balaban J connectivity index is 1.88. The van der Waals surface area contributed by atoms with E-state index in [2.05, 4.69) is 24.1 Å². The van der Waals surface area contributed by atoms with Crippen molar-refractivity contribution in [2.75, 3.05) is 13.1 Å². The van der Waals surface area contributed by atoms with E-state index in [0.29, 0.717) is 24.4 Å². The van der Waals surface area contributed by atoms with Crippen molar-refractivity contribution in [2.24, 2.45) is 5.92 Å². The van der Waals surface area contributed by atoms with Crippen LogP contribution >= 0.6 is 0 Å². The van der Waals surface area contributed by atoms with E-state index in [4.69, 9.17) is 0 Å². The fourth-order valence-corrected chi connectivity index (χ4v) is 3.91. The van der Waals surface area contributed by atoms with E-state index in [1.54, 1.807) is 0 Å². The average Bonchev–Trinajstić information content (AvgIpc) is 2.89. The smallest absolute Gasteiger partial charge is 0.224 e. The number of amides is 1. The quantitative estimate of drug-likeness (QED) is 0.830. The normalized spacial score (nSPS) is 26.6. The Morgan fingerprint density at radius 2 is 1.95 bits per heavy atom. The van der Waals surface area contributed by atoms with Gasteiger partial charge in [0.15, 0.2) is 0 Å². The Bertz CT molecular complexity index is 286. The Morgan fingerprint density at radius 1 is 1.21 bits per heavy atom. The van der Waals surface area contributed by atoms with Gasteiger partial charge in [-0.3, -0.25) is 4.79 Å². The molecule has 2 atom stereocenters.